The van der Waals surface area contributed by atoms with E-state index in [2.05, 4.69) is 10.6 Å². The Balaban J connectivity index is 2.45. The summed E-state index contributed by atoms with van der Waals surface area (Å²) in [5.41, 5.74) is 0.441. The molecule has 2 amide bonds. The van der Waals surface area contributed by atoms with Gasteiger partial charge in [0.05, 0.1) is 0 Å². The van der Waals surface area contributed by atoms with Crippen molar-refractivity contribution in [3.63, 3.8) is 0 Å². The summed E-state index contributed by atoms with van der Waals surface area (Å²) >= 11 is 0. The summed E-state index contributed by atoms with van der Waals surface area (Å²) < 4.78 is 13.2. The fraction of sp³-hybridized carbons (Fsp3) is 0.308. The molecular weight excluding hydrogens is 219 g/mol. The van der Waals surface area contributed by atoms with Gasteiger partial charge >= 0.3 is 6.03 Å². The van der Waals surface area contributed by atoms with Crippen LogP contribution in [-0.2, 0) is 0 Å². The zero-order valence-corrected chi connectivity index (χ0v) is 10.0. The molecule has 0 aliphatic rings. The molecule has 17 heavy (non-hydrogen) atoms. The topological polar surface area (TPSA) is 41.1 Å². The average Bonchev–Trinajstić information content (AvgIpc) is 2.31. The normalized spacial score (nSPS) is 12.4. The second-order valence-electron chi connectivity index (χ2n) is 3.78. The van der Waals surface area contributed by atoms with Crippen LogP contribution in [0.1, 0.15) is 25.8 Å². The highest BCUT2D eigenvalue weighted by Gasteiger charge is 2.02. The Hall–Kier alpha value is -1.84. The van der Waals surface area contributed by atoms with Crippen LogP contribution in [0.4, 0.5) is 9.18 Å². The fourth-order valence-electron chi connectivity index (χ4n) is 1.18. The minimum absolute atomic E-state index is 0.122. The summed E-state index contributed by atoms with van der Waals surface area (Å²) in [6.07, 6.45) is 3.81. The smallest absolute Gasteiger partial charge is 0.318 e. The minimum Gasteiger partial charge on any atom is -0.335 e. The third kappa shape index (κ3) is 4.68. The van der Waals surface area contributed by atoms with Crippen LogP contribution in [0.15, 0.2) is 30.5 Å². The van der Waals surface area contributed by atoms with Crippen LogP contribution in [-0.4, -0.2) is 12.1 Å². The monoisotopic (exact) mass is 236 g/mol. The number of urea groups is 1. The molecular formula is C13H17FN2O. The Morgan fingerprint density at radius 3 is 2.82 bits per heavy atom. The summed E-state index contributed by atoms with van der Waals surface area (Å²) in [5, 5.41) is 5.26. The molecule has 0 aliphatic heterocycles. The van der Waals surface area contributed by atoms with Crippen molar-refractivity contribution in [1.29, 1.82) is 0 Å². The van der Waals surface area contributed by atoms with Crippen molar-refractivity contribution in [2.45, 2.75) is 26.3 Å². The van der Waals surface area contributed by atoms with Crippen LogP contribution in [0.2, 0.25) is 0 Å². The SMILES string of the molecule is CCC(C)NC(=O)N/C=C/c1ccccc1F. The molecule has 1 atom stereocenters. The summed E-state index contributed by atoms with van der Waals surface area (Å²) in [4.78, 5) is 11.3. The highest BCUT2D eigenvalue weighted by atomic mass is 19.1. The number of benzene rings is 1. The first-order chi connectivity index (χ1) is 8.13. The largest absolute Gasteiger partial charge is 0.335 e. The number of carbonyl (C=O) groups excluding carboxylic acids is 1. The van der Waals surface area contributed by atoms with E-state index in [4.69, 9.17) is 0 Å². The van der Waals surface area contributed by atoms with E-state index in [0.717, 1.165) is 6.42 Å². The van der Waals surface area contributed by atoms with Gasteiger partial charge < -0.3 is 10.6 Å². The first kappa shape index (κ1) is 13.2. The second kappa shape index (κ2) is 6.68. The van der Waals surface area contributed by atoms with Crippen LogP contribution >= 0.6 is 0 Å². The van der Waals surface area contributed by atoms with E-state index in [9.17, 15) is 9.18 Å². The van der Waals surface area contributed by atoms with Crippen LogP contribution in [0, 0.1) is 5.82 Å². The Morgan fingerprint density at radius 2 is 2.18 bits per heavy atom. The molecule has 0 aliphatic carbocycles. The number of hydrogen-bond acceptors (Lipinski definition) is 1. The molecule has 3 nitrogen and oxygen atoms in total. The zero-order valence-electron chi connectivity index (χ0n) is 10.0. The molecule has 1 aromatic rings. The van der Waals surface area contributed by atoms with E-state index >= 15 is 0 Å². The minimum atomic E-state index is -0.312. The quantitative estimate of drug-likeness (QED) is 0.829. The van der Waals surface area contributed by atoms with Gasteiger partial charge in [0.2, 0.25) is 0 Å². The number of hydrogen-bond donors (Lipinski definition) is 2. The Bertz CT molecular complexity index is 404. The van der Waals surface area contributed by atoms with E-state index in [1.54, 1.807) is 18.2 Å². The van der Waals surface area contributed by atoms with Gasteiger partial charge in [-0.25, -0.2) is 9.18 Å². The van der Waals surface area contributed by atoms with Crippen molar-refractivity contribution in [3.05, 3.63) is 41.8 Å². The molecule has 0 bridgehead atoms. The molecule has 0 fully saturated rings. The summed E-state index contributed by atoms with van der Waals surface area (Å²) in [6, 6.07) is 6.21. The van der Waals surface area contributed by atoms with Crippen molar-refractivity contribution in [1.82, 2.24) is 10.6 Å². The van der Waals surface area contributed by atoms with Gasteiger partial charge in [-0.1, -0.05) is 25.1 Å². The molecule has 2 N–H and O–H groups in total. The van der Waals surface area contributed by atoms with Crippen LogP contribution in [0.3, 0.4) is 0 Å². The van der Waals surface area contributed by atoms with E-state index in [1.165, 1.54) is 18.3 Å². The highest BCUT2D eigenvalue weighted by molar-refractivity contribution is 5.76. The first-order valence-electron chi connectivity index (χ1n) is 5.61. The molecule has 1 unspecified atom stereocenters. The van der Waals surface area contributed by atoms with Gasteiger partial charge in [-0.2, -0.15) is 0 Å². The predicted octanol–water partition coefficient (Wildman–Crippen LogP) is 2.89. The van der Waals surface area contributed by atoms with Crippen LogP contribution in [0.5, 0.6) is 0 Å². The Kier molecular flexibility index (Phi) is 5.20. The standard InChI is InChI=1S/C13H17FN2O/c1-3-10(2)16-13(17)15-9-8-11-6-4-5-7-12(11)14/h4-10H,3H2,1-2H3,(H2,15,16,17)/b9-8+. The first-order valence-corrected chi connectivity index (χ1v) is 5.61. The number of carbonyl (C=O) groups is 1. The van der Waals surface area contributed by atoms with Crippen molar-refractivity contribution < 1.29 is 9.18 Å². The van der Waals surface area contributed by atoms with Crippen LogP contribution < -0.4 is 10.6 Å². The van der Waals surface area contributed by atoms with Gasteiger partial charge in [-0.3, -0.25) is 0 Å². The summed E-state index contributed by atoms with van der Waals surface area (Å²) in [6.45, 7) is 3.90. The van der Waals surface area contributed by atoms with Gasteiger partial charge in [-0.05, 0) is 25.5 Å². The van der Waals surface area contributed by atoms with Gasteiger partial charge in [-0.15, -0.1) is 0 Å². The Labute approximate surface area is 101 Å². The lowest BCUT2D eigenvalue weighted by Crippen LogP contribution is -2.38. The maximum absolute atomic E-state index is 13.2. The second-order valence-corrected chi connectivity index (χ2v) is 3.78. The van der Waals surface area contributed by atoms with E-state index < -0.39 is 0 Å². The lowest BCUT2D eigenvalue weighted by atomic mass is 10.2. The predicted molar refractivity (Wildman–Crippen MR) is 66.9 cm³/mol. The lowest BCUT2D eigenvalue weighted by molar-refractivity contribution is 0.241. The molecule has 1 rings (SSSR count). The number of nitrogens with one attached hydrogen (secondary N) is 2. The molecule has 0 saturated heterocycles. The average molecular weight is 236 g/mol. The zero-order chi connectivity index (χ0) is 12.7. The molecule has 92 valence electrons. The molecule has 0 spiro atoms. The van der Waals surface area contributed by atoms with Crippen LogP contribution in [0.25, 0.3) is 6.08 Å². The van der Waals surface area contributed by atoms with E-state index in [-0.39, 0.29) is 17.9 Å². The van der Waals surface area contributed by atoms with Crippen molar-refractivity contribution >= 4 is 12.1 Å². The van der Waals surface area contributed by atoms with E-state index in [0.29, 0.717) is 5.56 Å². The third-order valence-corrected chi connectivity index (χ3v) is 2.37. The summed E-state index contributed by atoms with van der Waals surface area (Å²) in [5.74, 6) is -0.312. The maximum Gasteiger partial charge on any atom is 0.318 e. The molecule has 0 radical (unpaired) electrons. The molecule has 0 aromatic heterocycles. The fourth-order valence-corrected chi connectivity index (χ4v) is 1.18. The Morgan fingerprint density at radius 1 is 1.47 bits per heavy atom. The molecule has 0 heterocycles. The van der Waals surface area contributed by atoms with Gasteiger partial charge in [0.1, 0.15) is 5.82 Å². The number of amides is 2. The molecule has 1 aromatic carbocycles. The van der Waals surface area contributed by atoms with Crippen molar-refractivity contribution in [3.8, 4) is 0 Å². The van der Waals surface area contributed by atoms with Crippen molar-refractivity contribution in [2.75, 3.05) is 0 Å². The third-order valence-electron chi connectivity index (χ3n) is 2.37. The molecule has 0 saturated carbocycles. The van der Waals surface area contributed by atoms with Gasteiger partial charge in [0.25, 0.3) is 0 Å². The lowest BCUT2D eigenvalue weighted by Gasteiger charge is -2.10. The van der Waals surface area contributed by atoms with Gasteiger partial charge in [0.15, 0.2) is 0 Å². The maximum atomic E-state index is 13.2. The van der Waals surface area contributed by atoms with Crippen molar-refractivity contribution in [2.24, 2.45) is 0 Å². The van der Waals surface area contributed by atoms with E-state index in [1.807, 2.05) is 13.8 Å². The summed E-state index contributed by atoms with van der Waals surface area (Å²) in [7, 11) is 0. The highest BCUT2D eigenvalue weighted by Crippen LogP contribution is 2.07. The number of rotatable bonds is 4. The molecule has 4 heteroatoms. The number of halogens is 1. The van der Waals surface area contributed by atoms with Gasteiger partial charge in [0, 0.05) is 17.8 Å².